The Morgan fingerprint density at radius 1 is 1.00 bits per heavy atom. The molecule has 1 N–H and O–H groups in total. The first-order valence-electron chi connectivity index (χ1n) is 11.5. The van der Waals surface area contributed by atoms with E-state index in [1.165, 1.54) is 70.6 Å². The summed E-state index contributed by atoms with van der Waals surface area (Å²) in [5, 5.41) is 9.48. The van der Waals surface area contributed by atoms with Crippen molar-refractivity contribution in [3.8, 4) is 0 Å². The topological polar surface area (TPSA) is 53.4 Å². The zero-order valence-electron chi connectivity index (χ0n) is 18.1. The normalized spacial score (nSPS) is 13.6. The monoisotopic (exact) mass is 398 g/mol. The van der Waals surface area contributed by atoms with E-state index in [9.17, 15) is 9.90 Å². The molecule has 0 aromatic carbocycles. The number of rotatable bonds is 15. The van der Waals surface area contributed by atoms with Gasteiger partial charge in [0.25, 0.3) is 0 Å². The summed E-state index contributed by atoms with van der Waals surface area (Å²) in [6.07, 6.45) is 25.5. The maximum atomic E-state index is 11.6. The van der Waals surface area contributed by atoms with Gasteiger partial charge in [-0.3, -0.25) is 4.98 Å². The predicted molar refractivity (Wildman–Crippen MR) is 121 cm³/mol. The van der Waals surface area contributed by atoms with E-state index in [1.54, 1.807) is 18.5 Å². The third-order valence-electron chi connectivity index (χ3n) is 5.67. The standard InChI is InChI=1S/C25H38N2O2/c1-2-3-4-5-6-7-8-9-10-11-12-14-19-27-20-15-13-16-24(27)23-21-26-18-17-22(23)25(28)29/h13,15-18,21H,2-12,14,19-20H2,1H3,(H,28,29). The summed E-state index contributed by atoms with van der Waals surface area (Å²) in [6.45, 7) is 4.06. The second-order valence-electron chi connectivity index (χ2n) is 8.04. The fourth-order valence-corrected chi connectivity index (χ4v) is 3.95. The number of hydrogen-bond acceptors (Lipinski definition) is 3. The van der Waals surface area contributed by atoms with Crippen LogP contribution in [0, 0.1) is 0 Å². The van der Waals surface area contributed by atoms with Gasteiger partial charge in [0.2, 0.25) is 0 Å². The van der Waals surface area contributed by atoms with Crippen molar-refractivity contribution in [3.63, 3.8) is 0 Å². The average molecular weight is 399 g/mol. The number of pyridine rings is 1. The number of carbonyl (C=O) groups is 1. The van der Waals surface area contributed by atoms with Crippen molar-refractivity contribution in [2.75, 3.05) is 13.1 Å². The van der Waals surface area contributed by atoms with Crippen LogP contribution in [0.1, 0.15) is 99.9 Å². The summed E-state index contributed by atoms with van der Waals surface area (Å²) in [7, 11) is 0. The molecule has 29 heavy (non-hydrogen) atoms. The van der Waals surface area contributed by atoms with Crippen molar-refractivity contribution in [1.29, 1.82) is 0 Å². The average Bonchev–Trinajstić information content (AvgIpc) is 2.75. The molecular formula is C25H38N2O2. The molecular weight excluding hydrogens is 360 g/mol. The predicted octanol–water partition coefficient (Wildman–Crippen LogP) is 6.69. The van der Waals surface area contributed by atoms with Crippen molar-refractivity contribution in [1.82, 2.24) is 9.88 Å². The molecule has 0 unspecified atom stereocenters. The summed E-state index contributed by atoms with van der Waals surface area (Å²) < 4.78 is 0. The second-order valence-corrected chi connectivity index (χ2v) is 8.04. The number of carboxylic acids is 1. The van der Waals surface area contributed by atoms with Crippen LogP contribution in [0.25, 0.3) is 5.70 Å². The van der Waals surface area contributed by atoms with Gasteiger partial charge in [0.05, 0.1) is 5.56 Å². The number of aromatic carboxylic acids is 1. The maximum Gasteiger partial charge on any atom is 0.336 e. The number of aromatic nitrogens is 1. The van der Waals surface area contributed by atoms with E-state index in [4.69, 9.17) is 0 Å². The van der Waals surface area contributed by atoms with Gasteiger partial charge in [0.15, 0.2) is 0 Å². The van der Waals surface area contributed by atoms with Gasteiger partial charge in [-0.1, -0.05) is 89.7 Å². The minimum Gasteiger partial charge on any atom is -0.478 e. The Kier molecular flexibility index (Phi) is 11.2. The zero-order valence-corrected chi connectivity index (χ0v) is 18.1. The quantitative estimate of drug-likeness (QED) is 0.334. The fraction of sp³-hybridized carbons (Fsp3) is 0.600. The Morgan fingerprint density at radius 2 is 1.62 bits per heavy atom. The Morgan fingerprint density at radius 3 is 2.24 bits per heavy atom. The van der Waals surface area contributed by atoms with Gasteiger partial charge in [-0.25, -0.2) is 4.79 Å². The van der Waals surface area contributed by atoms with Crippen LogP contribution >= 0.6 is 0 Å². The number of allylic oxidation sites excluding steroid dienone is 2. The van der Waals surface area contributed by atoms with Crippen molar-refractivity contribution < 1.29 is 9.90 Å². The molecule has 1 aromatic heterocycles. The van der Waals surface area contributed by atoms with E-state index in [-0.39, 0.29) is 0 Å². The molecule has 0 saturated heterocycles. The highest BCUT2D eigenvalue weighted by Gasteiger charge is 2.18. The number of hydrogen-bond donors (Lipinski definition) is 1. The van der Waals surface area contributed by atoms with Crippen LogP contribution in [0.3, 0.4) is 0 Å². The van der Waals surface area contributed by atoms with Gasteiger partial charge < -0.3 is 10.0 Å². The summed E-state index contributed by atoms with van der Waals surface area (Å²) in [5.74, 6) is -0.900. The molecule has 1 aliphatic rings. The van der Waals surface area contributed by atoms with Gasteiger partial charge in [0.1, 0.15) is 0 Å². The van der Waals surface area contributed by atoms with Crippen molar-refractivity contribution in [2.24, 2.45) is 0 Å². The number of carboxylic acid groups (broad SMARTS) is 1. The Balaban J connectivity index is 1.65. The molecule has 0 aliphatic carbocycles. The van der Waals surface area contributed by atoms with E-state index in [2.05, 4.69) is 22.9 Å². The smallest absolute Gasteiger partial charge is 0.336 e. The highest BCUT2D eigenvalue weighted by Crippen LogP contribution is 2.25. The molecule has 0 fully saturated rings. The summed E-state index contributed by atoms with van der Waals surface area (Å²) in [5.41, 5.74) is 2.01. The molecule has 160 valence electrons. The molecule has 0 saturated carbocycles. The van der Waals surface area contributed by atoms with Gasteiger partial charge in [-0.05, 0) is 18.6 Å². The molecule has 0 bridgehead atoms. The highest BCUT2D eigenvalue weighted by atomic mass is 16.4. The highest BCUT2D eigenvalue weighted by molar-refractivity contribution is 5.93. The van der Waals surface area contributed by atoms with E-state index in [1.807, 2.05) is 12.2 Å². The first-order chi connectivity index (χ1) is 14.2. The third-order valence-corrected chi connectivity index (χ3v) is 5.67. The van der Waals surface area contributed by atoms with Crippen LogP contribution in [-0.2, 0) is 0 Å². The van der Waals surface area contributed by atoms with E-state index >= 15 is 0 Å². The molecule has 0 amide bonds. The fourth-order valence-electron chi connectivity index (χ4n) is 3.95. The van der Waals surface area contributed by atoms with Crippen molar-refractivity contribution >= 4 is 11.7 Å². The van der Waals surface area contributed by atoms with Gasteiger partial charge in [-0.2, -0.15) is 0 Å². The van der Waals surface area contributed by atoms with Crippen LogP contribution in [-0.4, -0.2) is 34.0 Å². The van der Waals surface area contributed by atoms with Crippen LogP contribution < -0.4 is 0 Å². The van der Waals surface area contributed by atoms with Crippen LogP contribution in [0.2, 0.25) is 0 Å². The lowest BCUT2D eigenvalue weighted by atomic mass is 10.0. The maximum absolute atomic E-state index is 11.6. The molecule has 2 rings (SSSR count). The van der Waals surface area contributed by atoms with Crippen LogP contribution in [0.15, 0.2) is 36.7 Å². The molecule has 1 aromatic rings. The first kappa shape index (κ1) is 23.2. The second kappa shape index (κ2) is 14.0. The molecule has 1 aliphatic heterocycles. The Bertz CT molecular complexity index is 667. The third kappa shape index (κ3) is 8.43. The van der Waals surface area contributed by atoms with Crippen LogP contribution in [0.4, 0.5) is 0 Å². The summed E-state index contributed by atoms with van der Waals surface area (Å²) in [4.78, 5) is 18.0. The minimum absolute atomic E-state index is 0.321. The lowest BCUT2D eigenvalue weighted by Gasteiger charge is -2.29. The molecule has 4 heteroatoms. The number of nitrogens with zero attached hydrogens (tertiary/aromatic N) is 2. The zero-order chi connectivity index (χ0) is 20.7. The lowest BCUT2D eigenvalue weighted by Crippen LogP contribution is -2.26. The van der Waals surface area contributed by atoms with E-state index in [0.717, 1.165) is 25.2 Å². The van der Waals surface area contributed by atoms with E-state index in [0.29, 0.717) is 11.1 Å². The summed E-state index contributed by atoms with van der Waals surface area (Å²) in [6, 6.07) is 1.58. The van der Waals surface area contributed by atoms with Crippen LogP contribution in [0.5, 0.6) is 0 Å². The van der Waals surface area contributed by atoms with E-state index < -0.39 is 5.97 Å². The number of unbranched alkanes of at least 4 members (excludes halogenated alkanes) is 11. The molecule has 2 heterocycles. The first-order valence-corrected chi connectivity index (χ1v) is 11.5. The van der Waals surface area contributed by atoms with Gasteiger partial charge in [0, 0.05) is 36.7 Å². The van der Waals surface area contributed by atoms with Crippen molar-refractivity contribution in [3.05, 3.63) is 47.8 Å². The van der Waals surface area contributed by atoms with Crippen molar-refractivity contribution in [2.45, 2.75) is 84.0 Å². The Labute approximate surface area is 176 Å². The largest absolute Gasteiger partial charge is 0.478 e. The summed E-state index contributed by atoms with van der Waals surface area (Å²) >= 11 is 0. The molecule has 0 spiro atoms. The van der Waals surface area contributed by atoms with Gasteiger partial charge >= 0.3 is 5.97 Å². The SMILES string of the molecule is CCCCCCCCCCCCCCN1CC=CC=C1c1cnccc1C(=O)O. The minimum atomic E-state index is -0.900. The Hall–Kier alpha value is -2.10. The molecule has 4 nitrogen and oxygen atoms in total. The van der Waals surface area contributed by atoms with Gasteiger partial charge in [-0.15, -0.1) is 0 Å². The lowest BCUT2D eigenvalue weighted by molar-refractivity contribution is 0.0696. The molecule has 0 radical (unpaired) electrons. The molecule has 0 atom stereocenters.